The van der Waals surface area contributed by atoms with Gasteiger partial charge in [0, 0.05) is 50.0 Å². The fourth-order valence-corrected chi connectivity index (χ4v) is 5.71. The third kappa shape index (κ3) is 3.32. The lowest BCUT2D eigenvalue weighted by molar-refractivity contribution is 0.249. The quantitative estimate of drug-likeness (QED) is 0.697. The van der Waals surface area contributed by atoms with Gasteiger partial charge in [-0.15, -0.1) is 11.3 Å². The van der Waals surface area contributed by atoms with Gasteiger partial charge in [0.2, 0.25) is 0 Å². The molecule has 1 aliphatic carbocycles. The summed E-state index contributed by atoms with van der Waals surface area (Å²) >= 11 is 1.89. The second-order valence-electron chi connectivity index (χ2n) is 7.85. The van der Waals surface area contributed by atoms with Crippen LogP contribution >= 0.6 is 11.3 Å². The molecule has 0 radical (unpaired) electrons. The molecule has 0 unspecified atom stereocenters. The molecule has 1 fully saturated rings. The highest BCUT2D eigenvalue weighted by molar-refractivity contribution is 7.19. The number of piperazine rings is 1. The monoisotopic (exact) mass is 379 g/mol. The molecule has 6 heteroatoms. The van der Waals surface area contributed by atoms with Crippen LogP contribution in [0.5, 0.6) is 0 Å². The van der Waals surface area contributed by atoms with Crippen molar-refractivity contribution in [1.82, 2.24) is 19.9 Å². The number of hydrogen-bond donors (Lipinski definition) is 0. The average molecular weight is 380 g/mol. The Morgan fingerprint density at radius 2 is 1.93 bits per heavy atom. The minimum absolute atomic E-state index is 0.790. The molecule has 0 N–H and O–H groups in total. The van der Waals surface area contributed by atoms with Crippen LogP contribution in [0.15, 0.2) is 30.9 Å². The van der Waals surface area contributed by atoms with Gasteiger partial charge in [0.15, 0.2) is 0 Å². The first-order chi connectivity index (χ1) is 13.3. The van der Waals surface area contributed by atoms with Crippen LogP contribution in [0, 0.1) is 5.92 Å². The summed E-state index contributed by atoms with van der Waals surface area (Å²) in [6, 6.07) is 4.22. The maximum atomic E-state index is 4.73. The molecule has 3 aromatic heterocycles. The third-order valence-electron chi connectivity index (χ3n) is 5.90. The Hall–Kier alpha value is -2.05. The second-order valence-corrected chi connectivity index (χ2v) is 8.93. The van der Waals surface area contributed by atoms with E-state index in [2.05, 4.69) is 38.8 Å². The smallest absolute Gasteiger partial charge is 0.141 e. The van der Waals surface area contributed by atoms with Crippen molar-refractivity contribution in [2.24, 2.45) is 5.92 Å². The molecule has 0 amide bonds. The average Bonchev–Trinajstić information content (AvgIpc) is 3.07. The molecular formula is C21H25N5S. The van der Waals surface area contributed by atoms with Gasteiger partial charge >= 0.3 is 0 Å². The molecule has 0 bridgehead atoms. The number of thiophene rings is 1. The molecule has 5 nitrogen and oxygen atoms in total. The predicted octanol–water partition coefficient (Wildman–Crippen LogP) is 3.53. The van der Waals surface area contributed by atoms with Crippen molar-refractivity contribution in [3.63, 3.8) is 0 Å². The molecule has 140 valence electrons. The van der Waals surface area contributed by atoms with Gasteiger partial charge in [-0.3, -0.25) is 9.88 Å². The number of fused-ring (bicyclic) bond motifs is 3. The third-order valence-corrected chi connectivity index (χ3v) is 7.06. The van der Waals surface area contributed by atoms with E-state index in [-0.39, 0.29) is 0 Å². The lowest BCUT2D eigenvalue weighted by Gasteiger charge is -2.35. The fraction of sp³-hybridized carbons (Fsp3) is 0.476. The first-order valence-electron chi connectivity index (χ1n) is 9.89. The number of aryl methyl sites for hydroxylation is 1. The molecule has 0 spiro atoms. The summed E-state index contributed by atoms with van der Waals surface area (Å²) in [6.45, 7) is 7.55. The lowest BCUT2D eigenvalue weighted by Crippen LogP contribution is -2.46. The lowest BCUT2D eigenvalue weighted by atomic mass is 9.89. The Kier molecular flexibility index (Phi) is 4.53. The summed E-state index contributed by atoms with van der Waals surface area (Å²) in [5.74, 6) is 1.95. The molecule has 2 aliphatic rings. The van der Waals surface area contributed by atoms with Crippen LogP contribution in [0.3, 0.4) is 0 Å². The highest BCUT2D eigenvalue weighted by Crippen LogP contribution is 2.40. The van der Waals surface area contributed by atoms with Crippen LogP contribution in [0.4, 0.5) is 5.82 Å². The number of pyridine rings is 1. The van der Waals surface area contributed by atoms with Gasteiger partial charge in [0.25, 0.3) is 0 Å². The van der Waals surface area contributed by atoms with Crippen molar-refractivity contribution in [2.75, 3.05) is 31.1 Å². The normalized spacial score (nSPS) is 20.8. The van der Waals surface area contributed by atoms with E-state index in [4.69, 9.17) is 4.98 Å². The van der Waals surface area contributed by atoms with Crippen molar-refractivity contribution in [3.8, 4) is 0 Å². The summed E-state index contributed by atoms with van der Waals surface area (Å²) < 4.78 is 0. The zero-order chi connectivity index (χ0) is 18.2. The zero-order valence-corrected chi connectivity index (χ0v) is 16.6. The van der Waals surface area contributed by atoms with Crippen molar-refractivity contribution >= 4 is 27.4 Å². The summed E-state index contributed by atoms with van der Waals surface area (Å²) in [4.78, 5) is 21.2. The highest BCUT2D eigenvalue weighted by Gasteiger charge is 2.26. The van der Waals surface area contributed by atoms with E-state index in [1.54, 1.807) is 11.2 Å². The maximum Gasteiger partial charge on any atom is 0.141 e. The molecule has 4 heterocycles. The largest absolute Gasteiger partial charge is 0.353 e. The molecule has 5 rings (SSSR count). The van der Waals surface area contributed by atoms with E-state index in [0.29, 0.717) is 0 Å². The minimum atomic E-state index is 0.790. The summed E-state index contributed by atoms with van der Waals surface area (Å²) in [6.07, 6.45) is 9.18. The van der Waals surface area contributed by atoms with E-state index >= 15 is 0 Å². The van der Waals surface area contributed by atoms with Gasteiger partial charge in [-0.05, 0) is 48.4 Å². The van der Waals surface area contributed by atoms with E-state index in [1.807, 2.05) is 23.7 Å². The topological polar surface area (TPSA) is 45.2 Å². The number of aromatic nitrogens is 3. The molecule has 0 aromatic carbocycles. The highest BCUT2D eigenvalue weighted by atomic mass is 32.1. The summed E-state index contributed by atoms with van der Waals surface area (Å²) in [5.41, 5.74) is 2.87. The Labute approximate surface area is 164 Å². The van der Waals surface area contributed by atoms with Crippen LogP contribution in [-0.2, 0) is 19.4 Å². The molecular weight excluding hydrogens is 354 g/mol. The number of rotatable bonds is 3. The Balaban J connectivity index is 1.36. The molecule has 3 aromatic rings. The first-order valence-corrected chi connectivity index (χ1v) is 10.7. The molecule has 0 saturated carbocycles. The van der Waals surface area contributed by atoms with E-state index in [9.17, 15) is 0 Å². The molecule has 1 saturated heterocycles. The summed E-state index contributed by atoms with van der Waals surface area (Å²) in [5, 5.41) is 1.34. The van der Waals surface area contributed by atoms with Gasteiger partial charge in [0.1, 0.15) is 17.0 Å². The van der Waals surface area contributed by atoms with Gasteiger partial charge in [-0.1, -0.05) is 6.92 Å². The van der Waals surface area contributed by atoms with Gasteiger partial charge < -0.3 is 4.90 Å². The Bertz CT molecular complexity index is 930. The van der Waals surface area contributed by atoms with E-state index in [0.717, 1.165) is 44.5 Å². The summed E-state index contributed by atoms with van der Waals surface area (Å²) in [7, 11) is 0. The van der Waals surface area contributed by atoms with Crippen molar-refractivity contribution in [1.29, 1.82) is 0 Å². The SMILES string of the molecule is C[C@H]1CCc2c(sc3ncnc(N4CCN(Cc5ccncc5)CC4)c23)C1. The number of anilines is 1. The Morgan fingerprint density at radius 3 is 2.74 bits per heavy atom. The molecule has 1 aliphatic heterocycles. The van der Waals surface area contributed by atoms with Crippen LogP contribution in [0.1, 0.15) is 29.3 Å². The van der Waals surface area contributed by atoms with Crippen LogP contribution in [0.25, 0.3) is 10.2 Å². The van der Waals surface area contributed by atoms with Crippen LogP contribution in [0.2, 0.25) is 0 Å². The van der Waals surface area contributed by atoms with Crippen molar-refractivity contribution in [2.45, 2.75) is 32.7 Å². The minimum Gasteiger partial charge on any atom is -0.353 e. The molecule has 27 heavy (non-hydrogen) atoms. The zero-order valence-electron chi connectivity index (χ0n) is 15.8. The van der Waals surface area contributed by atoms with Crippen LogP contribution < -0.4 is 4.90 Å². The standard InChI is InChI=1S/C21H25N5S/c1-15-2-3-17-18(12-15)27-21-19(17)20(23-14-24-21)26-10-8-25(9-11-26)13-16-4-6-22-7-5-16/h4-7,14-15H,2-3,8-13H2,1H3/t15-/m0/s1. The second kappa shape index (κ2) is 7.17. The predicted molar refractivity (Wildman–Crippen MR) is 110 cm³/mol. The van der Waals surface area contributed by atoms with Crippen molar-refractivity contribution < 1.29 is 0 Å². The molecule has 1 atom stereocenters. The van der Waals surface area contributed by atoms with E-state index in [1.165, 1.54) is 40.6 Å². The number of hydrogen-bond acceptors (Lipinski definition) is 6. The van der Waals surface area contributed by atoms with Crippen molar-refractivity contribution in [3.05, 3.63) is 46.9 Å². The Morgan fingerprint density at radius 1 is 1.11 bits per heavy atom. The maximum absolute atomic E-state index is 4.73. The number of nitrogens with zero attached hydrogens (tertiary/aromatic N) is 5. The van der Waals surface area contributed by atoms with E-state index < -0.39 is 0 Å². The van der Waals surface area contributed by atoms with Gasteiger partial charge in [-0.2, -0.15) is 0 Å². The van der Waals surface area contributed by atoms with Crippen LogP contribution in [-0.4, -0.2) is 46.0 Å². The van der Waals surface area contributed by atoms with Gasteiger partial charge in [0.05, 0.1) is 5.39 Å². The fourth-order valence-electron chi connectivity index (χ4n) is 4.36. The van der Waals surface area contributed by atoms with Gasteiger partial charge in [-0.25, -0.2) is 9.97 Å². The first kappa shape index (κ1) is 17.1.